The summed E-state index contributed by atoms with van der Waals surface area (Å²) in [5, 5.41) is 0. The number of para-hydroxylation sites is 1. The Balaban J connectivity index is 0.00000300. The van der Waals surface area contributed by atoms with Gasteiger partial charge in [-0.3, -0.25) is 0 Å². The summed E-state index contributed by atoms with van der Waals surface area (Å²) in [6.07, 6.45) is 4.91. The second-order valence-corrected chi connectivity index (χ2v) is 7.53. The maximum atomic E-state index is 14.3. The number of ether oxygens (including phenoxy) is 2. The fourth-order valence-corrected chi connectivity index (χ4v) is 4.06. The van der Waals surface area contributed by atoms with Gasteiger partial charge in [-0.05, 0) is 37.8 Å². The van der Waals surface area contributed by atoms with E-state index >= 15 is 0 Å². The van der Waals surface area contributed by atoms with Gasteiger partial charge in [0.25, 0.3) is 0 Å². The van der Waals surface area contributed by atoms with E-state index < -0.39 is 11.8 Å². The minimum Gasteiger partial charge on any atom is -0.484 e. The molecule has 29 heavy (non-hydrogen) atoms. The summed E-state index contributed by atoms with van der Waals surface area (Å²) in [5.41, 5.74) is 1.44. The standard InChI is InChI=1S/C23H29FNO3.Y/c1-27-23(26)20-12-9-13-21(24)22(20)28-17-16-25(14-7-2-3-8-15-25)18-19-10-5-4-6-11-19;/h4-6,9-13H,2-3,7-8,14-18H2,1H3;/q+1;. The minimum absolute atomic E-state index is 0. The Kier molecular flexibility index (Phi) is 9.74. The van der Waals surface area contributed by atoms with Gasteiger partial charge in [-0.1, -0.05) is 36.4 Å². The van der Waals surface area contributed by atoms with Crippen molar-refractivity contribution in [3.05, 3.63) is 65.5 Å². The maximum Gasteiger partial charge on any atom is 0.341 e. The third kappa shape index (κ3) is 6.60. The second kappa shape index (κ2) is 11.8. The molecule has 0 N–H and O–H groups in total. The van der Waals surface area contributed by atoms with E-state index in [2.05, 4.69) is 24.3 Å². The van der Waals surface area contributed by atoms with Crippen LogP contribution in [0.2, 0.25) is 0 Å². The zero-order valence-electron chi connectivity index (χ0n) is 17.1. The summed E-state index contributed by atoms with van der Waals surface area (Å²) >= 11 is 0. The summed E-state index contributed by atoms with van der Waals surface area (Å²) < 4.78 is 25.8. The van der Waals surface area contributed by atoms with Gasteiger partial charge in [-0.25, -0.2) is 9.18 Å². The maximum absolute atomic E-state index is 14.3. The Hall–Kier alpha value is -1.30. The normalized spacial score (nSPS) is 15.7. The quantitative estimate of drug-likeness (QED) is 0.435. The first-order chi connectivity index (χ1) is 13.6. The molecule has 0 saturated carbocycles. The van der Waals surface area contributed by atoms with Crippen LogP contribution in [-0.2, 0) is 44.0 Å². The zero-order chi connectivity index (χ0) is 19.8. The minimum atomic E-state index is -0.586. The van der Waals surface area contributed by atoms with E-state index in [1.807, 2.05) is 6.07 Å². The molecule has 0 aromatic heterocycles. The molecule has 2 aromatic carbocycles. The monoisotopic (exact) mass is 475 g/mol. The van der Waals surface area contributed by atoms with Gasteiger partial charge in [-0.2, -0.15) is 0 Å². The van der Waals surface area contributed by atoms with Crippen LogP contribution < -0.4 is 4.74 Å². The molecular formula is C23H29FNO3Y+. The Morgan fingerprint density at radius 1 is 1.00 bits per heavy atom. The summed E-state index contributed by atoms with van der Waals surface area (Å²) in [5.74, 6) is -1.13. The first-order valence-electron chi connectivity index (χ1n) is 10.0. The Morgan fingerprint density at radius 2 is 1.69 bits per heavy atom. The van der Waals surface area contributed by atoms with Crippen LogP contribution in [0.5, 0.6) is 5.75 Å². The van der Waals surface area contributed by atoms with Crippen molar-refractivity contribution in [2.75, 3.05) is 33.4 Å². The Morgan fingerprint density at radius 3 is 2.34 bits per heavy atom. The Bertz CT molecular complexity index is 777. The first kappa shape index (κ1) is 24.0. The van der Waals surface area contributed by atoms with Crippen LogP contribution in [0.3, 0.4) is 0 Å². The number of rotatable bonds is 7. The van der Waals surface area contributed by atoms with Crippen molar-refractivity contribution >= 4 is 5.97 Å². The van der Waals surface area contributed by atoms with E-state index in [0.717, 1.165) is 30.7 Å². The number of halogens is 1. The molecule has 3 rings (SSSR count). The molecule has 0 atom stereocenters. The molecule has 6 heteroatoms. The van der Waals surface area contributed by atoms with Crippen molar-refractivity contribution in [3.8, 4) is 5.75 Å². The smallest absolute Gasteiger partial charge is 0.341 e. The molecule has 1 radical (unpaired) electrons. The van der Waals surface area contributed by atoms with E-state index in [1.54, 1.807) is 0 Å². The predicted octanol–water partition coefficient (Wildman–Crippen LogP) is 4.58. The number of esters is 1. The number of benzene rings is 2. The molecule has 153 valence electrons. The number of likely N-dealkylation sites (tertiary alicyclic amines) is 1. The fourth-order valence-electron chi connectivity index (χ4n) is 4.06. The molecule has 1 heterocycles. The Labute approximate surface area is 197 Å². The molecule has 0 bridgehead atoms. The van der Waals surface area contributed by atoms with Gasteiger partial charge in [0, 0.05) is 38.3 Å². The number of quaternary nitrogens is 1. The third-order valence-corrected chi connectivity index (χ3v) is 5.56. The molecule has 1 aliphatic heterocycles. The number of hydrogen-bond acceptors (Lipinski definition) is 3. The number of hydrogen-bond donors (Lipinski definition) is 0. The van der Waals surface area contributed by atoms with Crippen molar-refractivity contribution in [3.63, 3.8) is 0 Å². The number of nitrogens with zero attached hydrogens (tertiary/aromatic N) is 1. The van der Waals surface area contributed by atoms with Crippen molar-refractivity contribution in [1.29, 1.82) is 0 Å². The molecular weight excluding hydrogens is 446 g/mol. The average Bonchev–Trinajstić information content (AvgIpc) is 2.95. The number of carbonyl (C=O) groups excluding carboxylic acids is 1. The number of carbonyl (C=O) groups is 1. The topological polar surface area (TPSA) is 35.5 Å². The molecule has 1 aliphatic rings. The van der Waals surface area contributed by atoms with Crippen molar-refractivity contribution in [2.45, 2.75) is 32.2 Å². The molecule has 0 unspecified atom stereocenters. The van der Waals surface area contributed by atoms with E-state index in [-0.39, 0.29) is 44.0 Å². The summed E-state index contributed by atoms with van der Waals surface area (Å²) in [7, 11) is 1.29. The molecule has 2 aromatic rings. The number of methoxy groups -OCH3 is 1. The van der Waals surface area contributed by atoms with Gasteiger partial charge in [0.05, 0.1) is 20.2 Å². The second-order valence-electron chi connectivity index (χ2n) is 7.53. The fraction of sp³-hybridized carbons (Fsp3) is 0.435. The van der Waals surface area contributed by atoms with Crippen LogP contribution in [-0.4, -0.2) is 43.8 Å². The molecule has 1 saturated heterocycles. The summed E-state index contributed by atoms with van der Waals surface area (Å²) in [4.78, 5) is 11.9. The van der Waals surface area contributed by atoms with Gasteiger partial charge in [0.15, 0.2) is 11.6 Å². The van der Waals surface area contributed by atoms with Crippen LogP contribution >= 0.6 is 0 Å². The molecule has 4 nitrogen and oxygen atoms in total. The summed E-state index contributed by atoms with van der Waals surface area (Å²) in [6, 6.07) is 14.8. The van der Waals surface area contributed by atoms with Crippen LogP contribution in [0, 0.1) is 5.82 Å². The SMILES string of the molecule is COC(=O)c1cccc(F)c1OCC[N+]1(Cc2ccccc2)CCCCCC1.[Y]. The van der Waals surface area contributed by atoms with Gasteiger partial charge in [0.2, 0.25) is 0 Å². The predicted molar refractivity (Wildman–Crippen MR) is 107 cm³/mol. The largest absolute Gasteiger partial charge is 0.484 e. The summed E-state index contributed by atoms with van der Waals surface area (Å²) in [6.45, 7) is 4.28. The van der Waals surface area contributed by atoms with E-state index in [9.17, 15) is 9.18 Å². The van der Waals surface area contributed by atoms with Gasteiger partial charge >= 0.3 is 5.97 Å². The van der Waals surface area contributed by atoms with Crippen molar-refractivity contribution < 1.29 is 55.9 Å². The van der Waals surface area contributed by atoms with Gasteiger partial charge in [-0.15, -0.1) is 0 Å². The first-order valence-corrected chi connectivity index (χ1v) is 10.0. The molecule has 0 spiro atoms. The molecule has 0 aliphatic carbocycles. The van der Waals surface area contributed by atoms with Crippen LogP contribution in [0.4, 0.5) is 4.39 Å². The van der Waals surface area contributed by atoms with Gasteiger partial charge in [0.1, 0.15) is 25.3 Å². The molecule has 0 amide bonds. The van der Waals surface area contributed by atoms with Crippen LogP contribution in [0.15, 0.2) is 48.5 Å². The van der Waals surface area contributed by atoms with E-state index in [0.29, 0.717) is 6.61 Å². The van der Waals surface area contributed by atoms with Crippen molar-refractivity contribution in [1.82, 2.24) is 0 Å². The van der Waals surface area contributed by atoms with Crippen LogP contribution in [0.25, 0.3) is 0 Å². The van der Waals surface area contributed by atoms with E-state index in [1.165, 1.54) is 56.6 Å². The van der Waals surface area contributed by atoms with Gasteiger partial charge < -0.3 is 14.0 Å². The van der Waals surface area contributed by atoms with Crippen LogP contribution in [0.1, 0.15) is 41.6 Å². The zero-order valence-corrected chi connectivity index (χ0v) is 19.9. The third-order valence-electron chi connectivity index (χ3n) is 5.56. The average molecular weight is 475 g/mol. The molecule has 1 fully saturated rings. The van der Waals surface area contributed by atoms with E-state index in [4.69, 9.17) is 9.47 Å². The van der Waals surface area contributed by atoms with Crippen molar-refractivity contribution in [2.24, 2.45) is 0 Å².